The maximum Gasteiger partial charge on any atom is 0.291 e. The Kier molecular flexibility index (Phi) is 3.93. The monoisotopic (exact) mass is 348 g/mol. The molecule has 0 spiro atoms. The molecule has 0 saturated carbocycles. The zero-order valence-corrected chi connectivity index (χ0v) is 14.1. The summed E-state index contributed by atoms with van der Waals surface area (Å²) in [5.74, 6) is 0.711. The first kappa shape index (κ1) is 16.0. The summed E-state index contributed by atoms with van der Waals surface area (Å²) in [6.45, 7) is 2.41. The number of ether oxygens (including phenoxy) is 1. The van der Waals surface area contributed by atoms with Crippen LogP contribution in [0.1, 0.15) is 27.8 Å². The van der Waals surface area contributed by atoms with Crippen LogP contribution in [0, 0.1) is 0 Å². The van der Waals surface area contributed by atoms with Gasteiger partial charge in [-0.1, -0.05) is 12.1 Å². The Bertz CT molecular complexity index is 979. The van der Waals surface area contributed by atoms with Crippen LogP contribution in [0.5, 0.6) is 11.5 Å². The predicted octanol–water partition coefficient (Wildman–Crippen LogP) is 4.30. The van der Waals surface area contributed by atoms with Gasteiger partial charge in [-0.2, -0.15) is 0 Å². The van der Waals surface area contributed by atoms with Crippen LogP contribution in [-0.2, 0) is 0 Å². The van der Waals surface area contributed by atoms with Gasteiger partial charge in [0.25, 0.3) is 11.8 Å². The smallest absolute Gasteiger partial charge is 0.291 e. The van der Waals surface area contributed by atoms with Crippen molar-refractivity contribution in [3.63, 3.8) is 0 Å². The van der Waals surface area contributed by atoms with Gasteiger partial charge in [-0.3, -0.25) is 9.59 Å². The van der Waals surface area contributed by atoms with Crippen molar-refractivity contribution in [3.05, 3.63) is 72.2 Å². The minimum Gasteiger partial charge on any atom is -0.459 e. The van der Waals surface area contributed by atoms with Crippen molar-refractivity contribution in [3.8, 4) is 11.5 Å². The lowest BCUT2D eigenvalue weighted by molar-refractivity contribution is 0.0982. The topological polar surface area (TPSA) is 71.8 Å². The average molecular weight is 348 g/mol. The molecule has 2 aromatic carbocycles. The van der Waals surface area contributed by atoms with Crippen molar-refractivity contribution in [1.29, 1.82) is 0 Å². The number of nitrogens with zero attached hydrogens (tertiary/aromatic N) is 1. The van der Waals surface area contributed by atoms with Gasteiger partial charge in [0.15, 0.2) is 11.5 Å². The molecule has 1 aliphatic rings. The number of hydrogen-bond acceptors (Lipinski definition) is 4. The van der Waals surface area contributed by atoms with Crippen molar-refractivity contribution >= 4 is 23.2 Å². The van der Waals surface area contributed by atoms with Gasteiger partial charge in [-0.25, -0.2) is 0 Å². The zero-order valence-electron chi connectivity index (χ0n) is 14.1. The Balaban J connectivity index is 1.71. The number of benzene rings is 2. The average Bonchev–Trinajstić information content (AvgIpc) is 3.16. The van der Waals surface area contributed by atoms with Crippen LogP contribution < -0.4 is 15.0 Å². The van der Waals surface area contributed by atoms with Gasteiger partial charge >= 0.3 is 0 Å². The largest absolute Gasteiger partial charge is 0.459 e. The molecule has 6 nitrogen and oxygen atoms in total. The Morgan fingerprint density at radius 2 is 1.92 bits per heavy atom. The second-order valence-corrected chi connectivity index (χ2v) is 5.76. The molecule has 2 amide bonds. The van der Waals surface area contributed by atoms with E-state index < -0.39 is 0 Å². The van der Waals surface area contributed by atoms with Crippen LogP contribution in [0.4, 0.5) is 11.4 Å². The van der Waals surface area contributed by atoms with Crippen molar-refractivity contribution in [2.75, 3.05) is 16.8 Å². The molecule has 1 N–H and O–H groups in total. The number of carbonyl (C=O) groups excluding carboxylic acids is 2. The number of nitrogens with one attached hydrogen (secondary N) is 1. The van der Waals surface area contributed by atoms with E-state index in [1.165, 1.54) is 6.26 Å². The first-order valence-electron chi connectivity index (χ1n) is 8.25. The lowest BCUT2D eigenvalue weighted by atomic mass is 10.1. The summed E-state index contributed by atoms with van der Waals surface area (Å²) in [5.41, 5.74) is 1.60. The van der Waals surface area contributed by atoms with Gasteiger partial charge in [0.1, 0.15) is 5.75 Å². The second-order valence-electron chi connectivity index (χ2n) is 5.76. The normalized spacial score (nSPS) is 12.7. The summed E-state index contributed by atoms with van der Waals surface area (Å²) >= 11 is 0. The maximum atomic E-state index is 13.0. The van der Waals surface area contributed by atoms with E-state index in [2.05, 4.69) is 5.32 Å². The van der Waals surface area contributed by atoms with E-state index in [0.717, 1.165) is 5.69 Å². The molecule has 6 heteroatoms. The summed E-state index contributed by atoms with van der Waals surface area (Å²) < 4.78 is 11.0. The molecule has 4 rings (SSSR count). The lowest BCUT2D eigenvalue weighted by Crippen LogP contribution is -2.29. The summed E-state index contributed by atoms with van der Waals surface area (Å²) in [4.78, 5) is 26.8. The van der Waals surface area contributed by atoms with E-state index in [9.17, 15) is 9.59 Å². The standard InChI is InChI=1S/C20H16N2O4/c1-2-22-15-6-3-4-7-17(15)26-16-10-9-13(12-14(16)20(22)24)21-19(23)18-8-5-11-25-18/h3-12H,2H2,1H3,(H,21,23). The van der Waals surface area contributed by atoms with E-state index in [1.807, 2.05) is 31.2 Å². The molecule has 0 radical (unpaired) electrons. The van der Waals surface area contributed by atoms with Crippen molar-refractivity contribution in [2.45, 2.75) is 6.92 Å². The Morgan fingerprint density at radius 3 is 2.69 bits per heavy atom. The van der Waals surface area contributed by atoms with E-state index >= 15 is 0 Å². The minimum absolute atomic E-state index is 0.179. The molecule has 2 heterocycles. The summed E-state index contributed by atoms with van der Waals surface area (Å²) in [7, 11) is 0. The van der Waals surface area contributed by atoms with E-state index in [1.54, 1.807) is 35.2 Å². The fourth-order valence-corrected chi connectivity index (χ4v) is 2.92. The Hall–Kier alpha value is -3.54. The Labute approximate surface area is 150 Å². The molecule has 0 unspecified atom stereocenters. The highest BCUT2D eigenvalue weighted by Crippen LogP contribution is 2.39. The molecule has 3 aromatic rings. The van der Waals surface area contributed by atoms with Gasteiger partial charge in [-0.05, 0) is 49.4 Å². The van der Waals surface area contributed by atoms with Crippen LogP contribution >= 0.6 is 0 Å². The fraction of sp³-hybridized carbons (Fsp3) is 0.100. The number of furan rings is 1. The summed E-state index contributed by atoms with van der Waals surface area (Å²) in [5, 5.41) is 2.73. The molecular weight excluding hydrogens is 332 g/mol. The molecule has 0 bridgehead atoms. The molecule has 1 aromatic heterocycles. The van der Waals surface area contributed by atoms with Crippen LogP contribution in [0.2, 0.25) is 0 Å². The third-order valence-corrected chi connectivity index (χ3v) is 4.15. The maximum absolute atomic E-state index is 13.0. The highest BCUT2D eigenvalue weighted by molar-refractivity contribution is 6.11. The van der Waals surface area contributed by atoms with Crippen LogP contribution in [-0.4, -0.2) is 18.4 Å². The second kappa shape index (κ2) is 6.40. The quantitative estimate of drug-likeness (QED) is 0.766. The SMILES string of the molecule is CCN1C(=O)c2cc(NC(=O)c3ccco3)ccc2Oc2ccccc21. The lowest BCUT2D eigenvalue weighted by Gasteiger charge is -2.19. The number of fused-ring (bicyclic) bond motifs is 2. The van der Waals surface area contributed by atoms with Crippen molar-refractivity contribution < 1.29 is 18.7 Å². The predicted molar refractivity (Wildman–Crippen MR) is 97.0 cm³/mol. The molecule has 0 atom stereocenters. The van der Waals surface area contributed by atoms with Gasteiger partial charge in [0.2, 0.25) is 0 Å². The number of para-hydroxylation sites is 2. The molecule has 26 heavy (non-hydrogen) atoms. The van der Waals surface area contributed by atoms with E-state index in [0.29, 0.717) is 29.3 Å². The van der Waals surface area contributed by atoms with Gasteiger partial charge in [0, 0.05) is 12.2 Å². The number of amides is 2. The third kappa shape index (κ3) is 2.71. The fourth-order valence-electron chi connectivity index (χ4n) is 2.92. The number of rotatable bonds is 3. The zero-order chi connectivity index (χ0) is 18.1. The van der Waals surface area contributed by atoms with E-state index in [4.69, 9.17) is 9.15 Å². The molecule has 0 aliphatic carbocycles. The molecule has 1 aliphatic heterocycles. The van der Waals surface area contributed by atoms with Gasteiger partial charge in [-0.15, -0.1) is 0 Å². The highest BCUT2D eigenvalue weighted by Gasteiger charge is 2.27. The molecule has 0 fully saturated rings. The number of anilines is 2. The van der Waals surface area contributed by atoms with Crippen LogP contribution in [0.15, 0.2) is 65.3 Å². The molecule has 0 saturated heterocycles. The van der Waals surface area contributed by atoms with E-state index in [-0.39, 0.29) is 17.6 Å². The van der Waals surface area contributed by atoms with Crippen LogP contribution in [0.25, 0.3) is 0 Å². The summed E-state index contributed by atoms with van der Waals surface area (Å²) in [6, 6.07) is 15.6. The third-order valence-electron chi connectivity index (χ3n) is 4.15. The minimum atomic E-state index is -0.382. The first-order valence-corrected chi connectivity index (χ1v) is 8.25. The van der Waals surface area contributed by atoms with Gasteiger partial charge < -0.3 is 19.4 Å². The Morgan fingerprint density at radius 1 is 1.08 bits per heavy atom. The summed E-state index contributed by atoms with van der Waals surface area (Å²) in [6.07, 6.45) is 1.43. The number of hydrogen-bond donors (Lipinski definition) is 1. The number of carbonyl (C=O) groups is 2. The molecule has 130 valence electrons. The van der Waals surface area contributed by atoms with Gasteiger partial charge in [0.05, 0.1) is 17.5 Å². The highest BCUT2D eigenvalue weighted by atomic mass is 16.5. The van der Waals surface area contributed by atoms with Crippen molar-refractivity contribution in [2.24, 2.45) is 0 Å². The van der Waals surface area contributed by atoms with Crippen molar-refractivity contribution in [1.82, 2.24) is 0 Å². The van der Waals surface area contributed by atoms with Crippen LogP contribution in [0.3, 0.4) is 0 Å². The first-order chi connectivity index (χ1) is 12.7. The molecular formula is C20H16N2O4.